The molecule has 2 aromatic heterocycles. The van der Waals surface area contributed by atoms with E-state index < -0.39 is 0 Å². The minimum atomic E-state index is 0.651. The molecule has 0 unspecified atom stereocenters. The number of benzene rings is 2. The highest BCUT2D eigenvalue weighted by molar-refractivity contribution is 7.13. The third-order valence-electron chi connectivity index (χ3n) is 4.00. The number of hydrogen-bond acceptors (Lipinski definition) is 3. The van der Waals surface area contributed by atoms with Gasteiger partial charge in [-0.2, -0.15) is 0 Å². The van der Waals surface area contributed by atoms with Gasteiger partial charge in [-0.15, -0.1) is 11.3 Å². The number of halogens is 1. The average Bonchev–Trinajstić information content (AvgIpc) is 3.28. The molecular formula is C20H17ClN2OS. The Hall–Kier alpha value is -2.30. The van der Waals surface area contributed by atoms with Gasteiger partial charge in [0.1, 0.15) is 5.75 Å². The first-order valence-electron chi connectivity index (χ1n) is 8.19. The average molecular weight is 369 g/mol. The minimum absolute atomic E-state index is 0.651. The number of thiophene rings is 1. The lowest BCUT2D eigenvalue weighted by atomic mass is 10.3. The van der Waals surface area contributed by atoms with Crippen molar-refractivity contribution in [3.05, 3.63) is 71.1 Å². The van der Waals surface area contributed by atoms with E-state index in [1.54, 1.807) is 11.3 Å². The van der Waals surface area contributed by atoms with Crippen molar-refractivity contribution < 1.29 is 4.74 Å². The van der Waals surface area contributed by atoms with Crippen LogP contribution in [-0.4, -0.2) is 16.2 Å². The van der Waals surface area contributed by atoms with Gasteiger partial charge in [0.25, 0.3) is 0 Å². The Kier molecular flexibility index (Phi) is 4.72. The number of para-hydroxylation sites is 2. The highest BCUT2D eigenvalue weighted by Gasteiger charge is 2.12. The van der Waals surface area contributed by atoms with Crippen LogP contribution in [0.3, 0.4) is 0 Å². The first kappa shape index (κ1) is 16.2. The normalized spacial score (nSPS) is 11.1. The molecule has 0 N–H and O–H groups in total. The maximum atomic E-state index is 5.90. The molecule has 0 fully saturated rings. The van der Waals surface area contributed by atoms with E-state index in [0.717, 1.165) is 40.6 Å². The number of nitrogens with zero attached hydrogens (tertiary/aromatic N) is 2. The standard InChI is InChI=1S/C20H17ClN2OS/c21-15-8-10-16(11-9-15)24-13-4-12-23-18-6-2-1-5-17(18)22-20(23)19-7-3-14-25-19/h1-3,5-11,14H,4,12-13H2. The van der Waals surface area contributed by atoms with Crippen molar-refractivity contribution in [2.45, 2.75) is 13.0 Å². The summed E-state index contributed by atoms with van der Waals surface area (Å²) in [5, 5.41) is 2.81. The molecule has 0 spiro atoms. The number of aromatic nitrogens is 2. The van der Waals surface area contributed by atoms with Crippen LogP contribution in [0.15, 0.2) is 66.0 Å². The fraction of sp³-hybridized carbons (Fsp3) is 0.150. The molecule has 0 radical (unpaired) electrons. The van der Waals surface area contributed by atoms with Crippen molar-refractivity contribution in [1.29, 1.82) is 0 Å². The lowest BCUT2D eigenvalue weighted by molar-refractivity contribution is 0.303. The van der Waals surface area contributed by atoms with Gasteiger partial charge in [-0.1, -0.05) is 29.8 Å². The SMILES string of the molecule is Clc1ccc(OCCCn2c(-c3cccs3)nc3ccccc32)cc1. The zero-order valence-electron chi connectivity index (χ0n) is 13.6. The lowest BCUT2D eigenvalue weighted by Crippen LogP contribution is -2.05. The predicted octanol–water partition coefficient (Wildman–Crippen LogP) is 5.89. The van der Waals surface area contributed by atoms with Gasteiger partial charge >= 0.3 is 0 Å². The Morgan fingerprint density at radius 2 is 1.84 bits per heavy atom. The van der Waals surface area contributed by atoms with Crippen molar-refractivity contribution in [3.63, 3.8) is 0 Å². The highest BCUT2D eigenvalue weighted by Crippen LogP contribution is 2.28. The van der Waals surface area contributed by atoms with Crippen LogP contribution < -0.4 is 4.74 Å². The smallest absolute Gasteiger partial charge is 0.151 e. The summed E-state index contributed by atoms with van der Waals surface area (Å²) in [7, 11) is 0. The van der Waals surface area contributed by atoms with Gasteiger partial charge < -0.3 is 9.30 Å². The molecule has 0 aliphatic heterocycles. The molecule has 4 rings (SSSR count). The fourth-order valence-electron chi connectivity index (χ4n) is 2.84. The molecule has 4 aromatic rings. The lowest BCUT2D eigenvalue weighted by Gasteiger charge is -2.10. The fourth-order valence-corrected chi connectivity index (χ4v) is 3.69. The number of hydrogen-bond donors (Lipinski definition) is 0. The maximum absolute atomic E-state index is 5.90. The number of imidazole rings is 1. The zero-order valence-corrected chi connectivity index (χ0v) is 15.1. The van der Waals surface area contributed by atoms with E-state index in [0.29, 0.717) is 6.61 Å². The van der Waals surface area contributed by atoms with E-state index >= 15 is 0 Å². The minimum Gasteiger partial charge on any atom is -0.494 e. The highest BCUT2D eigenvalue weighted by atomic mass is 35.5. The molecule has 0 saturated carbocycles. The van der Waals surface area contributed by atoms with Gasteiger partial charge in [-0.05, 0) is 54.3 Å². The van der Waals surface area contributed by atoms with Gasteiger partial charge in [0, 0.05) is 11.6 Å². The van der Waals surface area contributed by atoms with Crippen LogP contribution in [0.4, 0.5) is 0 Å². The number of ether oxygens (including phenoxy) is 1. The largest absolute Gasteiger partial charge is 0.494 e. The number of aryl methyl sites for hydroxylation is 1. The van der Waals surface area contributed by atoms with Crippen LogP contribution in [0.25, 0.3) is 21.7 Å². The molecule has 0 saturated heterocycles. The van der Waals surface area contributed by atoms with Gasteiger partial charge in [-0.25, -0.2) is 4.98 Å². The summed E-state index contributed by atoms with van der Waals surface area (Å²) in [6, 6.07) is 19.9. The summed E-state index contributed by atoms with van der Waals surface area (Å²) in [6.07, 6.45) is 0.904. The molecule has 5 heteroatoms. The maximum Gasteiger partial charge on any atom is 0.151 e. The van der Waals surface area contributed by atoms with E-state index in [-0.39, 0.29) is 0 Å². The van der Waals surface area contributed by atoms with Crippen molar-refractivity contribution in [1.82, 2.24) is 9.55 Å². The first-order chi connectivity index (χ1) is 12.3. The Labute approximate surface area is 155 Å². The summed E-state index contributed by atoms with van der Waals surface area (Å²) in [5.41, 5.74) is 2.20. The third kappa shape index (κ3) is 3.55. The van der Waals surface area contributed by atoms with E-state index in [4.69, 9.17) is 21.3 Å². The molecule has 0 aliphatic rings. The van der Waals surface area contributed by atoms with Gasteiger partial charge in [0.05, 0.1) is 22.5 Å². The van der Waals surface area contributed by atoms with Crippen molar-refractivity contribution in [3.8, 4) is 16.5 Å². The van der Waals surface area contributed by atoms with Crippen molar-refractivity contribution in [2.24, 2.45) is 0 Å². The molecule has 3 nitrogen and oxygen atoms in total. The Morgan fingerprint density at radius 3 is 2.64 bits per heavy atom. The Bertz CT molecular complexity index is 961. The van der Waals surface area contributed by atoms with Gasteiger partial charge in [0.2, 0.25) is 0 Å². The summed E-state index contributed by atoms with van der Waals surface area (Å²) in [4.78, 5) is 6.01. The monoisotopic (exact) mass is 368 g/mol. The molecule has 126 valence electrons. The summed E-state index contributed by atoms with van der Waals surface area (Å²) >= 11 is 7.61. The van der Waals surface area contributed by atoms with E-state index in [1.165, 1.54) is 4.88 Å². The second-order valence-corrected chi connectivity index (χ2v) is 7.09. The van der Waals surface area contributed by atoms with Crippen LogP contribution in [0, 0.1) is 0 Å². The molecular weight excluding hydrogens is 352 g/mol. The van der Waals surface area contributed by atoms with Crippen molar-refractivity contribution in [2.75, 3.05) is 6.61 Å². The number of fused-ring (bicyclic) bond motifs is 1. The van der Waals surface area contributed by atoms with E-state index in [2.05, 4.69) is 40.3 Å². The third-order valence-corrected chi connectivity index (χ3v) is 5.12. The van der Waals surface area contributed by atoms with Crippen LogP contribution >= 0.6 is 22.9 Å². The number of rotatable bonds is 6. The van der Waals surface area contributed by atoms with Gasteiger partial charge in [0.15, 0.2) is 5.82 Å². The zero-order chi connectivity index (χ0) is 17.1. The molecule has 25 heavy (non-hydrogen) atoms. The Balaban J connectivity index is 1.50. The second kappa shape index (κ2) is 7.30. The van der Waals surface area contributed by atoms with Crippen molar-refractivity contribution >= 4 is 34.0 Å². The Morgan fingerprint density at radius 1 is 1.00 bits per heavy atom. The van der Waals surface area contributed by atoms with Crippen LogP contribution in [0.5, 0.6) is 5.75 Å². The summed E-state index contributed by atoms with van der Waals surface area (Å²) in [6.45, 7) is 1.51. The predicted molar refractivity (Wildman–Crippen MR) is 105 cm³/mol. The summed E-state index contributed by atoms with van der Waals surface area (Å²) < 4.78 is 8.10. The van der Waals surface area contributed by atoms with Crippen LogP contribution in [0.2, 0.25) is 5.02 Å². The molecule has 2 heterocycles. The quantitative estimate of drug-likeness (QED) is 0.397. The molecule has 2 aromatic carbocycles. The summed E-state index contributed by atoms with van der Waals surface area (Å²) in [5.74, 6) is 1.88. The molecule has 0 aliphatic carbocycles. The van der Waals surface area contributed by atoms with Crippen LogP contribution in [0.1, 0.15) is 6.42 Å². The molecule has 0 bridgehead atoms. The van der Waals surface area contributed by atoms with Gasteiger partial charge in [-0.3, -0.25) is 0 Å². The van der Waals surface area contributed by atoms with E-state index in [9.17, 15) is 0 Å². The molecule has 0 amide bonds. The molecule has 0 atom stereocenters. The van der Waals surface area contributed by atoms with Crippen LogP contribution in [-0.2, 0) is 6.54 Å². The topological polar surface area (TPSA) is 27.1 Å². The van der Waals surface area contributed by atoms with E-state index in [1.807, 2.05) is 30.3 Å². The first-order valence-corrected chi connectivity index (χ1v) is 9.44. The second-order valence-electron chi connectivity index (χ2n) is 5.71.